The molecule has 1 aromatic rings. The highest BCUT2D eigenvalue weighted by Gasteiger charge is 2.18. The van der Waals surface area contributed by atoms with Crippen molar-refractivity contribution < 1.29 is 0 Å². The molecule has 1 fully saturated rings. The van der Waals surface area contributed by atoms with Crippen molar-refractivity contribution in [2.45, 2.75) is 33.1 Å². The molecule has 0 aromatic heterocycles. The van der Waals surface area contributed by atoms with Gasteiger partial charge in [0.1, 0.15) is 0 Å². The molecular weight excluding hydrogens is 208 g/mol. The third kappa shape index (κ3) is 3.22. The van der Waals surface area contributed by atoms with E-state index in [2.05, 4.69) is 36.9 Å². The quantitative estimate of drug-likeness (QED) is 0.868. The maximum Gasteiger partial charge on any atom is 0.0371 e. The predicted octanol–water partition coefficient (Wildman–Crippen LogP) is 2.87. The molecule has 17 heavy (non-hydrogen) atoms. The number of nitrogens with two attached hydrogens (primary N) is 1. The number of hydrogen-bond acceptors (Lipinski definition) is 2. The molecule has 1 saturated heterocycles. The maximum absolute atomic E-state index is 5.63. The topological polar surface area (TPSA) is 29.3 Å². The summed E-state index contributed by atoms with van der Waals surface area (Å²) in [6.45, 7) is 7.57. The molecule has 0 saturated carbocycles. The van der Waals surface area contributed by atoms with E-state index in [1.54, 1.807) is 0 Å². The van der Waals surface area contributed by atoms with E-state index in [0.29, 0.717) is 0 Å². The molecule has 2 N–H and O–H groups in total. The summed E-state index contributed by atoms with van der Waals surface area (Å²) in [4.78, 5) is 2.52. The Labute approximate surface area is 105 Å². The predicted molar refractivity (Wildman–Crippen MR) is 74.5 cm³/mol. The van der Waals surface area contributed by atoms with E-state index in [-0.39, 0.29) is 0 Å². The van der Waals surface area contributed by atoms with Crippen LogP contribution in [0, 0.1) is 19.8 Å². The average Bonchev–Trinajstić information content (AvgIpc) is 2.29. The second kappa shape index (κ2) is 5.54. The van der Waals surface area contributed by atoms with Crippen LogP contribution in [0.2, 0.25) is 0 Å². The Morgan fingerprint density at radius 2 is 1.71 bits per heavy atom. The zero-order valence-corrected chi connectivity index (χ0v) is 11.1. The molecule has 0 spiro atoms. The number of hydrogen-bond donors (Lipinski definition) is 1. The van der Waals surface area contributed by atoms with Gasteiger partial charge in [0.15, 0.2) is 0 Å². The summed E-state index contributed by atoms with van der Waals surface area (Å²) in [6, 6.07) is 6.84. The van der Waals surface area contributed by atoms with Crippen LogP contribution in [0.15, 0.2) is 18.2 Å². The van der Waals surface area contributed by atoms with Crippen LogP contribution in [-0.4, -0.2) is 19.6 Å². The van der Waals surface area contributed by atoms with Gasteiger partial charge in [-0.05, 0) is 68.8 Å². The molecule has 0 radical (unpaired) electrons. The molecule has 94 valence electrons. The van der Waals surface area contributed by atoms with E-state index >= 15 is 0 Å². The Morgan fingerprint density at radius 3 is 2.24 bits per heavy atom. The largest absolute Gasteiger partial charge is 0.372 e. The Kier molecular flexibility index (Phi) is 4.06. The van der Waals surface area contributed by atoms with Crippen LogP contribution >= 0.6 is 0 Å². The fraction of sp³-hybridized carbons (Fsp3) is 0.600. The van der Waals surface area contributed by atoms with E-state index in [1.807, 2.05) is 0 Å². The third-order valence-electron chi connectivity index (χ3n) is 3.76. The lowest BCUT2D eigenvalue weighted by Gasteiger charge is -2.34. The summed E-state index contributed by atoms with van der Waals surface area (Å²) < 4.78 is 0. The van der Waals surface area contributed by atoms with Gasteiger partial charge < -0.3 is 10.6 Å². The van der Waals surface area contributed by atoms with Crippen molar-refractivity contribution in [3.63, 3.8) is 0 Å². The molecule has 0 unspecified atom stereocenters. The van der Waals surface area contributed by atoms with Crippen LogP contribution < -0.4 is 10.6 Å². The standard InChI is InChI=1S/C15H24N2/c1-12-9-13(2)11-15(10-12)17-7-4-14(3-6-16)5-8-17/h9-11,14H,3-8,16H2,1-2H3. The van der Waals surface area contributed by atoms with Crippen molar-refractivity contribution in [1.82, 2.24) is 0 Å². The Balaban J connectivity index is 2.00. The number of aryl methyl sites for hydroxylation is 2. The zero-order chi connectivity index (χ0) is 12.3. The van der Waals surface area contributed by atoms with Gasteiger partial charge in [-0.3, -0.25) is 0 Å². The lowest BCUT2D eigenvalue weighted by atomic mass is 9.93. The summed E-state index contributed by atoms with van der Waals surface area (Å²) in [5.41, 5.74) is 9.76. The molecule has 1 aliphatic heterocycles. The van der Waals surface area contributed by atoms with Crippen LogP contribution in [0.5, 0.6) is 0 Å². The van der Waals surface area contributed by atoms with Crippen LogP contribution in [0.1, 0.15) is 30.4 Å². The molecule has 0 bridgehead atoms. The van der Waals surface area contributed by atoms with E-state index in [9.17, 15) is 0 Å². The van der Waals surface area contributed by atoms with Crippen molar-refractivity contribution in [2.75, 3.05) is 24.5 Å². The summed E-state index contributed by atoms with van der Waals surface area (Å²) in [7, 11) is 0. The molecule has 2 heteroatoms. The number of rotatable bonds is 3. The second-order valence-corrected chi connectivity index (χ2v) is 5.35. The summed E-state index contributed by atoms with van der Waals surface area (Å²) in [5, 5.41) is 0. The first-order valence-corrected chi connectivity index (χ1v) is 6.72. The summed E-state index contributed by atoms with van der Waals surface area (Å²) >= 11 is 0. The van der Waals surface area contributed by atoms with Gasteiger partial charge in [0.25, 0.3) is 0 Å². The number of benzene rings is 1. The van der Waals surface area contributed by atoms with E-state index < -0.39 is 0 Å². The highest BCUT2D eigenvalue weighted by atomic mass is 15.1. The van der Waals surface area contributed by atoms with Crippen molar-refractivity contribution in [1.29, 1.82) is 0 Å². The average molecular weight is 232 g/mol. The van der Waals surface area contributed by atoms with E-state index in [4.69, 9.17) is 5.73 Å². The minimum Gasteiger partial charge on any atom is -0.372 e. The van der Waals surface area contributed by atoms with Gasteiger partial charge >= 0.3 is 0 Å². The van der Waals surface area contributed by atoms with Gasteiger partial charge in [-0.1, -0.05) is 6.07 Å². The number of anilines is 1. The fourth-order valence-corrected chi connectivity index (χ4v) is 2.85. The molecule has 1 heterocycles. The summed E-state index contributed by atoms with van der Waals surface area (Å²) in [6.07, 6.45) is 3.79. The van der Waals surface area contributed by atoms with Gasteiger partial charge in [0.05, 0.1) is 0 Å². The van der Waals surface area contributed by atoms with E-state index in [1.165, 1.54) is 49.2 Å². The molecule has 2 nitrogen and oxygen atoms in total. The zero-order valence-electron chi connectivity index (χ0n) is 11.1. The van der Waals surface area contributed by atoms with Gasteiger partial charge in [0, 0.05) is 18.8 Å². The smallest absolute Gasteiger partial charge is 0.0371 e. The van der Waals surface area contributed by atoms with Gasteiger partial charge in [-0.15, -0.1) is 0 Å². The molecule has 0 atom stereocenters. The Hall–Kier alpha value is -1.02. The SMILES string of the molecule is Cc1cc(C)cc(N2CCC(CCN)CC2)c1. The lowest BCUT2D eigenvalue weighted by molar-refractivity contribution is 0.386. The van der Waals surface area contributed by atoms with Crippen LogP contribution in [-0.2, 0) is 0 Å². The van der Waals surface area contributed by atoms with Crippen molar-refractivity contribution in [3.05, 3.63) is 29.3 Å². The lowest BCUT2D eigenvalue weighted by Crippen LogP contribution is -2.34. The normalized spacial score (nSPS) is 17.5. The Morgan fingerprint density at radius 1 is 1.12 bits per heavy atom. The van der Waals surface area contributed by atoms with E-state index in [0.717, 1.165) is 12.5 Å². The van der Waals surface area contributed by atoms with Crippen LogP contribution in [0.3, 0.4) is 0 Å². The first-order chi connectivity index (χ1) is 8.19. The highest BCUT2D eigenvalue weighted by molar-refractivity contribution is 5.51. The highest BCUT2D eigenvalue weighted by Crippen LogP contribution is 2.26. The van der Waals surface area contributed by atoms with Gasteiger partial charge in [-0.2, -0.15) is 0 Å². The molecule has 2 rings (SSSR count). The molecule has 1 aliphatic rings. The maximum atomic E-state index is 5.63. The van der Waals surface area contributed by atoms with Gasteiger partial charge in [-0.25, -0.2) is 0 Å². The first kappa shape index (κ1) is 12.4. The minimum absolute atomic E-state index is 0.841. The third-order valence-corrected chi connectivity index (χ3v) is 3.76. The van der Waals surface area contributed by atoms with Crippen molar-refractivity contribution >= 4 is 5.69 Å². The van der Waals surface area contributed by atoms with Crippen molar-refractivity contribution in [2.24, 2.45) is 11.7 Å². The van der Waals surface area contributed by atoms with Crippen LogP contribution in [0.25, 0.3) is 0 Å². The number of piperidine rings is 1. The van der Waals surface area contributed by atoms with Crippen molar-refractivity contribution in [3.8, 4) is 0 Å². The number of nitrogens with zero attached hydrogens (tertiary/aromatic N) is 1. The molecular formula is C15H24N2. The summed E-state index contributed by atoms with van der Waals surface area (Å²) in [5.74, 6) is 0.849. The molecule has 1 aromatic carbocycles. The van der Waals surface area contributed by atoms with Gasteiger partial charge in [0.2, 0.25) is 0 Å². The Bertz CT molecular complexity index is 345. The second-order valence-electron chi connectivity index (χ2n) is 5.35. The monoisotopic (exact) mass is 232 g/mol. The van der Waals surface area contributed by atoms with Crippen LogP contribution in [0.4, 0.5) is 5.69 Å². The molecule has 0 aliphatic carbocycles. The molecule has 0 amide bonds. The first-order valence-electron chi connectivity index (χ1n) is 6.72. The minimum atomic E-state index is 0.841. The fourth-order valence-electron chi connectivity index (χ4n) is 2.85.